The molecule has 0 aliphatic carbocycles. The number of nitrogens with one attached hydrogen (secondary N) is 1. The molecule has 0 radical (unpaired) electrons. The molecule has 3 heteroatoms. The van der Waals surface area contributed by atoms with Crippen molar-refractivity contribution in [2.75, 3.05) is 6.54 Å². The molecular formula is C14H27NO2. The summed E-state index contributed by atoms with van der Waals surface area (Å²) in [6.07, 6.45) is 6.99. The average molecular weight is 241 g/mol. The summed E-state index contributed by atoms with van der Waals surface area (Å²) >= 11 is 0. The summed E-state index contributed by atoms with van der Waals surface area (Å²) in [7, 11) is 0. The van der Waals surface area contributed by atoms with E-state index in [0.29, 0.717) is 12.5 Å². The summed E-state index contributed by atoms with van der Waals surface area (Å²) in [4.78, 5) is 11.0. The second-order valence-electron chi connectivity index (χ2n) is 5.24. The third kappa shape index (κ3) is 7.16. The van der Waals surface area contributed by atoms with Crippen LogP contribution in [0.25, 0.3) is 0 Å². The molecular weight excluding hydrogens is 214 g/mol. The monoisotopic (exact) mass is 241 g/mol. The number of carboxylic acid groups (broad SMARTS) is 1. The van der Waals surface area contributed by atoms with Gasteiger partial charge >= 0.3 is 5.97 Å². The predicted molar refractivity (Wildman–Crippen MR) is 72.2 cm³/mol. The van der Waals surface area contributed by atoms with Crippen LogP contribution < -0.4 is 5.32 Å². The molecule has 0 rings (SSSR count). The molecule has 100 valence electrons. The van der Waals surface area contributed by atoms with Crippen molar-refractivity contribution in [3.8, 4) is 0 Å². The summed E-state index contributed by atoms with van der Waals surface area (Å²) in [6.45, 7) is 10.2. The topological polar surface area (TPSA) is 49.3 Å². The minimum atomic E-state index is -0.725. The fourth-order valence-electron chi connectivity index (χ4n) is 1.71. The van der Waals surface area contributed by atoms with Crippen molar-refractivity contribution in [2.24, 2.45) is 5.41 Å². The number of aliphatic carboxylic acids is 1. The molecule has 0 fully saturated rings. The zero-order chi connectivity index (χ0) is 13.3. The Morgan fingerprint density at radius 2 is 2.12 bits per heavy atom. The molecule has 1 unspecified atom stereocenters. The number of hydrogen-bond donors (Lipinski definition) is 2. The highest BCUT2D eigenvalue weighted by atomic mass is 16.4. The summed E-state index contributed by atoms with van der Waals surface area (Å²) in [6, 6.07) is 0.489. The molecule has 0 aromatic rings. The van der Waals surface area contributed by atoms with E-state index in [4.69, 9.17) is 5.11 Å². The molecule has 0 saturated heterocycles. The number of rotatable bonds is 10. The lowest BCUT2D eigenvalue weighted by Crippen LogP contribution is -2.34. The molecule has 1 atom stereocenters. The Bertz CT molecular complexity index is 236. The Balaban J connectivity index is 3.95. The van der Waals surface area contributed by atoms with Crippen molar-refractivity contribution < 1.29 is 9.90 Å². The fraction of sp³-hybridized carbons (Fsp3) is 0.786. The van der Waals surface area contributed by atoms with Crippen LogP contribution in [0.1, 0.15) is 52.9 Å². The number of hydrogen-bond acceptors (Lipinski definition) is 2. The molecule has 0 heterocycles. The highest BCUT2D eigenvalue weighted by Gasteiger charge is 2.26. The molecule has 0 aromatic carbocycles. The molecule has 2 N–H and O–H groups in total. The SMILES string of the molecule is C=CCCC(CCC)NCCC(C)(C)C(=O)O. The van der Waals surface area contributed by atoms with E-state index in [1.165, 1.54) is 0 Å². The van der Waals surface area contributed by atoms with Crippen molar-refractivity contribution >= 4 is 5.97 Å². The van der Waals surface area contributed by atoms with Gasteiger partial charge in [-0.15, -0.1) is 6.58 Å². The molecule has 0 aromatic heterocycles. The van der Waals surface area contributed by atoms with Gasteiger partial charge in [0.05, 0.1) is 5.41 Å². The van der Waals surface area contributed by atoms with Gasteiger partial charge < -0.3 is 10.4 Å². The van der Waals surface area contributed by atoms with Gasteiger partial charge in [-0.3, -0.25) is 4.79 Å². The van der Waals surface area contributed by atoms with Crippen LogP contribution in [0.15, 0.2) is 12.7 Å². The van der Waals surface area contributed by atoms with Gasteiger partial charge in [-0.1, -0.05) is 19.4 Å². The first kappa shape index (κ1) is 16.2. The van der Waals surface area contributed by atoms with E-state index in [1.54, 1.807) is 13.8 Å². The van der Waals surface area contributed by atoms with Gasteiger partial charge in [-0.25, -0.2) is 0 Å². The third-order valence-electron chi connectivity index (χ3n) is 3.12. The van der Waals surface area contributed by atoms with Crippen LogP contribution in [-0.4, -0.2) is 23.7 Å². The van der Waals surface area contributed by atoms with Gasteiger partial charge in [-0.05, 0) is 46.1 Å². The first-order chi connectivity index (χ1) is 7.94. The third-order valence-corrected chi connectivity index (χ3v) is 3.12. The van der Waals surface area contributed by atoms with E-state index in [1.807, 2.05) is 6.08 Å². The van der Waals surface area contributed by atoms with E-state index in [2.05, 4.69) is 18.8 Å². The van der Waals surface area contributed by atoms with Crippen LogP contribution in [0.3, 0.4) is 0 Å². The highest BCUT2D eigenvalue weighted by molar-refractivity contribution is 5.73. The van der Waals surface area contributed by atoms with Crippen molar-refractivity contribution in [2.45, 2.75) is 58.9 Å². The number of carbonyl (C=O) groups is 1. The van der Waals surface area contributed by atoms with Crippen molar-refractivity contribution in [3.63, 3.8) is 0 Å². The largest absolute Gasteiger partial charge is 0.481 e. The summed E-state index contributed by atoms with van der Waals surface area (Å²) in [5, 5.41) is 12.5. The van der Waals surface area contributed by atoms with E-state index < -0.39 is 11.4 Å². The highest BCUT2D eigenvalue weighted by Crippen LogP contribution is 2.19. The molecule has 0 spiro atoms. The molecule has 0 saturated carbocycles. The van der Waals surface area contributed by atoms with E-state index in [9.17, 15) is 4.79 Å². The van der Waals surface area contributed by atoms with E-state index >= 15 is 0 Å². The summed E-state index contributed by atoms with van der Waals surface area (Å²) in [5.74, 6) is -0.725. The maximum atomic E-state index is 11.0. The van der Waals surface area contributed by atoms with E-state index in [-0.39, 0.29) is 0 Å². The molecule has 0 bridgehead atoms. The standard InChI is InChI=1S/C14H27NO2/c1-5-7-9-12(8-6-2)15-11-10-14(3,4)13(16)17/h5,12,15H,1,6-11H2,2-4H3,(H,16,17). The fourth-order valence-corrected chi connectivity index (χ4v) is 1.71. The van der Waals surface area contributed by atoms with Gasteiger partial charge in [-0.2, -0.15) is 0 Å². The Morgan fingerprint density at radius 1 is 1.47 bits per heavy atom. The Labute approximate surface area is 105 Å². The van der Waals surface area contributed by atoms with Gasteiger partial charge in [0.15, 0.2) is 0 Å². The van der Waals surface area contributed by atoms with Crippen LogP contribution in [0.2, 0.25) is 0 Å². The van der Waals surface area contributed by atoms with Crippen LogP contribution in [-0.2, 0) is 4.79 Å². The molecule has 0 aliphatic heterocycles. The zero-order valence-electron chi connectivity index (χ0n) is 11.5. The van der Waals surface area contributed by atoms with Crippen molar-refractivity contribution in [3.05, 3.63) is 12.7 Å². The second kappa shape index (κ2) is 8.29. The van der Waals surface area contributed by atoms with Crippen LogP contribution >= 0.6 is 0 Å². The minimum Gasteiger partial charge on any atom is -0.481 e. The van der Waals surface area contributed by atoms with Crippen LogP contribution in [0.4, 0.5) is 0 Å². The Morgan fingerprint density at radius 3 is 2.59 bits per heavy atom. The zero-order valence-corrected chi connectivity index (χ0v) is 11.5. The summed E-state index contributed by atoms with van der Waals surface area (Å²) in [5.41, 5.74) is -0.637. The second-order valence-corrected chi connectivity index (χ2v) is 5.24. The van der Waals surface area contributed by atoms with E-state index in [0.717, 1.165) is 32.2 Å². The first-order valence-corrected chi connectivity index (χ1v) is 6.51. The lowest BCUT2D eigenvalue weighted by atomic mass is 9.89. The average Bonchev–Trinajstić information content (AvgIpc) is 2.25. The number of allylic oxidation sites excluding steroid dienone is 1. The lowest BCUT2D eigenvalue weighted by Gasteiger charge is -2.22. The van der Waals surface area contributed by atoms with Crippen molar-refractivity contribution in [1.29, 1.82) is 0 Å². The normalized spacial score (nSPS) is 13.4. The van der Waals surface area contributed by atoms with Crippen LogP contribution in [0.5, 0.6) is 0 Å². The van der Waals surface area contributed by atoms with Crippen molar-refractivity contribution in [1.82, 2.24) is 5.32 Å². The maximum Gasteiger partial charge on any atom is 0.309 e. The first-order valence-electron chi connectivity index (χ1n) is 6.51. The molecule has 0 aliphatic rings. The van der Waals surface area contributed by atoms with Gasteiger partial charge in [0, 0.05) is 6.04 Å². The molecule has 0 amide bonds. The predicted octanol–water partition coefficient (Wildman–Crippen LogP) is 3.21. The summed E-state index contributed by atoms with van der Waals surface area (Å²) < 4.78 is 0. The smallest absolute Gasteiger partial charge is 0.309 e. The quantitative estimate of drug-likeness (QED) is 0.577. The molecule has 3 nitrogen and oxygen atoms in total. The Kier molecular flexibility index (Phi) is 7.88. The lowest BCUT2D eigenvalue weighted by molar-refractivity contribution is -0.147. The maximum absolute atomic E-state index is 11.0. The van der Waals surface area contributed by atoms with Gasteiger partial charge in [0.1, 0.15) is 0 Å². The molecule has 17 heavy (non-hydrogen) atoms. The minimum absolute atomic E-state index is 0.489. The Hall–Kier alpha value is -0.830. The van der Waals surface area contributed by atoms with Gasteiger partial charge in [0.25, 0.3) is 0 Å². The van der Waals surface area contributed by atoms with Crippen LogP contribution in [0, 0.1) is 5.41 Å². The van der Waals surface area contributed by atoms with Gasteiger partial charge in [0.2, 0.25) is 0 Å². The number of carboxylic acids is 1.